The number of piperidine rings is 1. The van der Waals surface area contributed by atoms with Crippen molar-refractivity contribution in [2.45, 2.75) is 51.6 Å². The van der Waals surface area contributed by atoms with Gasteiger partial charge in [-0.15, -0.1) is 0 Å². The largest absolute Gasteiger partial charge is 0.355 e. The molecule has 2 N–H and O–H groups in total. The van der Waals surface area contributed by atoms with Crippen LogP contribution in [0.15, 0.2) is 36.4 Å². The summed E-state index contributed by atoms with van der Waals surface area (Å²) in [6, 6.07) is 14.2. The van der Waals surface area contributed by atoms with Crippen LogP contribution in [-0.4, -0.2) is 49.1 Å². The fourth-order valence-corrected chi connectivity index (χ4v) is 5.45. The molecule has 0 radical (unpaired) electrons. The summed E-state index contributed by atoms with van der Waals surface area (Å²) < 4.78 is 0. The molecule has 0 aliphatic carbocycles. The van der Waals surface area contributed by atoms with E-state index in [9.17, 15) is 0 Å². The lowest BCUT2D eigenvalue weighted by Crippen LogP contribution is -2.42. The predicted octanol–water partition coefficient (Wildman–Crippen LogP) is 4.46. The van der Waals surface area contributed by atoms with Gasteiger partial charge in [-0.05, 0) is 60.3 Å². The molecule has 0 aromatic heterocycles. The minimum atomic E-state index is 0.0129. The summed E-state index contributed by atoms with van der Waals surface area (Å²) in [7, 11) is 0. The van der Waals surface area contributed by atoms with Crippen LogP contribution in [0.5, 0.6) is 0 Å². The van der Waals surface area contributed by atoms with Gasteiger partial charge in [0.2, 0.25) is 0 Å². The van der Waals surface area contributed by atoms with E-state index in [4.69, 9.17) is 0 Å². The molecule has 3 aliphatic heterocycles. The topological polar surface area (TPSA) is 30.5 Å². The van der Waals surface area contributed by atoms with Gasteiger partial charge in [0.1, 0.15) is 0 Å². The van der Waals surface area contributed by atoms with Crippen LogP contribution in [0.1, 0.15) is 55.4 Å². The standard InChI is InChI=1S/C26H36N4/c1-26(2)22-8-6-21(19-29-12-4-3-5-13-29)17-25(22)28-24-9-7-20(16-23(24)26)18-30-14-10-27-11-15-30/h6-9,16-17,27-28H,3-5,10-15,18-19H2,1-2H3. The molecule has 30 heavy (non-hydrogen) atoms. The van der Waals surface area contributed by atoms with Crippen molar-refractivity contribution < 1.29 is 0 Å². The van der Waals surface area contributed by atoms with E-state index in [1.54, 1.807) is 0 Å². The van der Waals surface area contributed by atoms with Crippen LogP contribution < -0.4 is 10.6 Å². The van der Waals surface area contributed by atoms with Crippen LogP contribution in [0, 0.1) is 0 Å². The number of hydrogen-bond acceptors (Lipinski definition) is 4. The Morgan fingerprint density at radius 2 is 1.40 bits per heavy atom. The smallest absolute Gasteiger partial charge is 0.0429 e. The van der Waals surface area contributed by atoms with Gasteiger partial charge in [-0.25, -0.2) is 0 Å². The van der Waals surface area contributed by atoms with Gasteiger partial charge < -0.3 is 10.6 Å². The van der Waals surface area contributed by atoms with Gasteiger partial charge in [-0.3, -0.25) is 9.80 Å². The molecule has 2 saturated heterocycles. The van der Waals surface area contributed by atoms with Crippen LogP contribution in [0.25, 0.3) is 0 Å². The highest BCUT2D eigenvalue weighted by Gasteiger charge is 2.33. The van der Waals surface area contributed by atoms with Crippen molar-refractivity contribution >= 4 is 11.4 Å². The van der Waals surface area contributed by atoms with Gasteiger partial charge in [-0.1, -0.05) is 44.5 Å². The molecular weight excluding hydrogens is 368 g/mol. The average molecular weight is 405 g/mol. The summed E-state index contributed by atoms with van der Waals surface area (Å²) in [4.78, 5) is 5.16. The lowest BCUT2D eigenvalue weighted by Gasteiger charge is -2.37. The van der Waals surface area contributed by atoms with Gasteiger partial charge in [0.25, 0.3) is 0 Å². The van der Waals surface area contributed by atoms with E-state index in [-0.39, 0.29) is 5.41 Å². The maximum absolute atomic E-state index is 3.76. The maximum atomic E-state index is 3.76. The minimum absolute atomic E-state index is 0.0129. The quantitative estimate of drug-likeness (QED) is 0.788. The van der Waals surface area contributed by atoms with Crippen molar-refractivity contribution in [2.75, 3.05) is 44.6 Å². The molecule has 0 amide bonds. The van der Waals surface area contributed by atoms with Crippen molar-refractivity contribution in [3.63, 3.8) is 0 Å². The second kappa shape index (κ2) is 8.33. The highest BCUT2D eigenvalue weighted by Crippen LogP contribution is 2.46. The summed E-state index contributed by atoms with van der Waals surface area (Å²) >= 11 is 0. The lowest BCUT2D eigenvalue weighted by atomic mass is 9.73. The van der Waals surface area contributed by atoms with Gasteiger partial charge in [0.05, 0.1) is 0 Å². The van der Waals surface area contributed by atoms with E-state index in [0.717, 1.165) is 39.3 Å². The molecule has 0 bridgehead atoms. The first kappa shape index (κ1) is 20.0. The monoisotopic (exact) mass is 404 g/mol. The zero-order chi connectivity index (χ0) is 20.6. The zero-order valence-electron chi connectivity index (χ0n) is 18.6. The van der Waals surface area contributed by atoms with E-state index in [1.807, 2.05) is 0 Å². The molecule has 2 aromatic carbocycles. The zero-order valence-corrected chi connectivity index (χ0v) is 18.6. The summed E-state index contributed by atoms with van der Waals surface area (Å²) in [5, 5.41) is 7.21. The molecule has 0 saturated carbocycles. The summed E-state index contributed by atoms with van der Waals surface area (Å²) in [5.74, 6) is 0. The van der Waals surface area contributed by atoms with Crippen LogP contribution in [-0.2, 0) is 18.5 Å². The fraction of sp³-hybridized carbons (Fsp3) is 0.538. The van der Waals surface area contributed by atoms with E-state index < -0.39 is 0 Å². The van der Waals surface area contributed by atoms with Gasteiger partial charge in [-0.2, -0.15) is 0 Å². The Bertz CT molecular complexity index is 892. The van der Waals surface area contributed by atoms with Crippen LogP contribution in [0.4, 0.5) is 11.4 Å². The molecule has 4 heteroatoms. The molecule has 160 valence electrons. The molecule has 2 fully saturated rings. The van der Waals surface area contributed by atoms with E-state index in [2.05, 4.69) is 70.7 Å². The van der Waals surface area contributed by atoms with Crippen LogP contribution >= 0.6 is 0 Å². The molecule has 0 unspecified atom stereocenters. The number of anilines is 2. The third kappa shape index (κ3) is 4.01. The van der Waals surface area contributed by atoms with Gasteiger partial charge >= 0.3 is 0 Å². The average Bonchev–Trinajstić information content (AvgIpc) is 2.76. The number of nitrogens with zero attached hydrogens (tertiary/aromatic N) is 2. The Balaban J connectivity index is 1.38. The normalized spacial score (nSPS) is 21.5. The van der Waals surface area contributed by atoms with Crippen LogP contribution in [0.3, 0.4) is 0 Å². The number of fused-ring (bicyclic) bond motifs is 2. The number of benzene rings is 2. The summed E-state index contributed by atoms with van der Waals surface area (Å²) in [6.07, 6.45) is 4.09. The lowest BCUT2D eigenvalue weighted by molar-refractivity contribution is 0.221. The Morgan fingerprint density at radius 3 is 2.17 bits per heavy atom. The Kier molecular flexibility index (Phi) is 5.57. The molecular formula is C26H36N4. The third-order valence-corrected chi connectivity index (χ3v) is 7.25. The summed E-state index contributed by atoms with van der Waals surface area (Å²) in [6.45, 7) is 13.9. The second-order valence-corrected chi connectivity index (χ2v) is 9.87. The third-order valence-electron chi connectivity index (χ3n) is 7.25. The van der Waals surface area contributed by atoms with Crippen molar-refractivity contribution in [1.82, 2.24) is 15.1 Å². The molecule has 0 spiro atoms. The first-order valence-electron chi connectivity index (χ1n) is 11.8. The maximum Gasteiger partial charge on any atom is 0.0429 e. The predicted molar refractivity (Wildman–Crippen MR) is 126 cm³/mol. The van der Waals surface area contributed by atoms with Crippen molar-refractivity contribution in [2.24, 2.45) is 0 Å². The number of likely N-dealkylation sites (tertiary alicyclic amines) is 1. The highest BCUT2D eigenvalue weighted by atomic mass is 15.2. The van der Waals surface area contributed by atoms with Crippen LogP contribution in [0.2, 0.25) is 0 Å². The van der Waals surface area contributed by atoms with Crippen molar-refractivity contribution in [3.8, 4) is 0 Å². The second-order valence-electron chi connectivity index (χ2n) is 9.87. The molecule has 3 aliphatic rings. The van der Waals surface area contributed by atoms with E-state index >= 15 is 0 Å². The van der Waals surface area contributed by atoms with E-state index in [0.29, 0.717) is 0 Å². The number of nitrogens with one attached hydrogen (secondary N) is 2. The Labute approximate surface area is 181 Å². The number of piperazine rings is 1. The van der Waals surface area contributed by atoms with Crippen molar-refractivity contribution in [1.29, 1.82) is 0 Å². The fourth-order valence-electron chi connectivity index (χ4n) is 5.45. The first-order chi connectivity index (χ1) is 14.6. The SMILES string of the molecule is CC1(C)c2ccc(CN3CCCCC3)cc2Nc2ccc(CN3CCNCC3)cc21. The summed E-state index contributed by atoms with van der Waals surface area (Å²) in [5.41, 5.74) is 8.26. The molecule has 0 atom stereocenters. The van der Waals surface area contributed by atoms with Crippen molar-refractivity contribution in [3.05, 3.63) is 58.7 Å². The molecule has 3 heterocycles. The molecule has 5 rings (SSSR count). The highest BCUT2D eigenvalue weighted by molar-refractivity contribution is 5.76. The van der Waals surface area contributed by atoms with Gasteiger partial charge in [0, 0.05) is 56.1 Å². The van der Waals surface area contributed by atoms with Gasteiger partial charge in [0.15, 0.2) is 0 Å². The Morgan fingerprint density at radius 1 is 0.733 bits per heavy atom. The first-order valence-corrected chi connectivity index (χ1v) is 11.8. The Hall–Kier alpha value is -1.88. The number of rotatable bonds is 4. The number of hydrogen-bond donors (Lipinski definition) is 2. The molecule has 4 nitrogen and oxygen atoms in total. The van der Waals surface area contributed by atoms with E-state index in [1.165, 1.54) is 66.0 Å². The minimum Gasteiger partial charge on any atom is -0.355 e. The molecule has 2 aromatic rings.